The average Bonchev–Trinajstić information content (AvgIpc) is 3.11. The summed E-state index contributed by atoms with van der Waals surface area (Å²) in [5.41, 5.74) is 1.22. The number of methoxy groups -OCH3 is 1. The summed E-state index contributed by atoms with van der Waals surface area (Å²) in [6.45, 7) is 6.25. The van der Waals surface area contributed by atoms with Crippen molar-refractivity contribution in [1.82, 2.24) is 10.6 Å². The molecule has 0 spiro atoms. The molecule has 1 aromatic heterocycles. The van der Waals surface area contributed by atoms with Gasteiger partial charge in [0.05, 0.1) is 20.2 Å². The summed E-state index contributed by atoms with van der Waals surface area (Å²) in [7, 11) is 1.65. The monoisotopic (exact) mass is 475 g/mol. The van der Waals surface area contributed by atoms with Crippen LogP contribution in [0.15, 0.2) is 46.1 Å². The van der Waals surface area contributed by atoms with Crippen LogP contribution in [0.25, 0.3) is 0 Å². The Hall–Kier alpha value is -1.48. The summed E-state index contributed by atoms with van der Waals surface area (Å²) < 4.78 is 11.0. The number of guanidine groups is 1. The van der Waals surface area contributed by atoms with Gasteiger partial charge in [0.2, 0.25) is 0 Å². The van der Waals surface area contributed by atoms with Crippen molar-refractivity contribution in [2.45, 2.75) is 26.5 Å². The van der Waals surface area contributed by atoms with Gasteiger partial charge in [0.25, 0.3) is 0 Å². The molecule has 0 aliphatic heterocycles. The normalized spacial score (nSPS) is 12.0. The summed E-state index contributed by atoms with van der Waals surface area (Å²) in [4.78, 5) is 4.59. The molecule has 25 heavy (non-hydrogen) atoms. The van der Waals surface area contributed by atoms with Gasteiger partial charge in [-0.3, -0.25) is 0 Å². The fraction of sp³-hybridized carbons (Fsp3) is 0.389. The van der Waals surface area contributed by atoms with Crippen molar-refractivity contribution < 1.29 is 9.47 Å². The maximum Gasteiger partial charge on any atom is 0.191 e. The van der Waals surface area contributed by atoms with Crippen LogP contribution in [-0.2, 0) is 6.54 Å². The van der Waals surface area contributed by atoms with Gasteiger partial charge in [-0.2, -0.15) is 11.3 Å². The second kappa shape index (κ2) is 12.0. The SMILES string of the molecule is CCNC(=NCc1ccsc1)NCC(C)Oc1ccc(OC)cc1.I. The number of hydrogen-bond acceptors (Lipinski definition) is 4. The molecule has 0 saturated carbocycles. The zero-order chi connectivity index (χ0) is 17.2. The van der Waals surface area contributed by atoms with Crippen LogP contribution >= 0.6 is 35.3 Å². The van der Waals surface area contributed by atoms with E-state index in [2.05, 4.69) is 39.4 Å². The van der Waals surface area contributed by atoms with Crippen molar-refractivity contribution >= 4 is 41.3 Å². The van der Waals surface area contributed by atoms with Gasteiger partial charge < -0.3 is 20.1 Å². The van der Waals surface area contributed by atoms with Crippen LogP contribution in [0.4, 0.5) is 0 Å². The molecule has 5 nitrogen and oxygen atoms in total. The minimum absolute atomic E-state index is 0. The average molecular weight is 475 g/mol. The van der Waals surface area contributed by atoms with E-state index in [1.54, 1.807) is 18.4 Å². The molecule has 2 N–H and O–H groups in total. The molecule has 1 heterocycles. The number of ether oxygens (including phenoxy) is 2. The molecule has 1 atom stereocenters. The van der Waals surface area contributed by atoms with Crippen LogP contribution in [0.1, 0.15) is 19.4 Å². The van der Waals surface area contributed by atoms with E-state index in [0.717, 1.165) is 24.0 Å². The van der Waals surface area contributed by atoms with Gasteiger partial charge >= 0.3 is 0 Å². The lowest BCUT2D eigenvalue weighted by atomic mass is 10.3. The van der Waals surface area contributed by atoms with Gasteiger partial charge in [0.15, 0.2) is 5.96 Å². The number of nitrogens with zero attached hydrogens (tertiary/aromatic N) is 1. The third-order valence-corrected chi connectivity index (χ3v) is 4.03. The molecule has 7 heteroatoms. The highest BCUT2D eigenvalue weighted by atomic mass is 127. The summed E-state index contributed by atoms with van der Waals surface area (Å²) >= 11 is 1.69. The van der Waals surface area contributed by atoms with Gasteiger partial charge in [-0.05, 0) is 60.5 Å². The van der Waals surface area contributed by atoms with Crippen molar-refractivity contribution in [2.24, 2.45) is 4.99 Å². The van der Waals surface area contributed by atoms with Crippen LogP contribution < -0.4 is 20.1 Å². The first-order chi connectivity index (χ1) is 11.7. The van der Waals surface area contributed by atoms with Gasteiger partial charge in [0.1, 0.15) is 17.6 Å². The fourth-order valence-electron chi connectivity index (χ4n) is 2.06. The smallest absolute Gasteiger partial charge is 0.191 e. The molecule has 2 aromatic rings. The Morgan fingerprint density at radius 3 is 2.48 bits per heavy atom. The van der Waals surface area contributed by atoms with E-state index in [1.165, 1.54) is 5.56 Å². The van der Waals surface area contributed by atoms with Crippen molar-refractivity contribution in [2.75, 3.05) is 20.2 Å². The molecule has 1 aromatic carbocycles. The summed E-state index contributed by atoms with van der Waals surface area (Å²) in [6.07, 6.45) is 0.0170. The Labute approximate surface area is 170 Å². The van der Waals surface area contributed by atoms with Gasteiger partial charge in [-0.15, -0.1) is 24.0 Å². The van der Waals surface area contributed by atoms with Crippen LogP contribution in [0, 0.1) is 0 Å². The molecule has 0 aliphatic rings. The second-order valence-corrected chi connectivity index (χ2v) is 6.09. The molecule has 138 valence electrons. The molecule has 1 unspecified atom stereocenters. The number of rotatable bonds is 8. The van der Waals surface area contributed by atoms with Crippen LogP contribution in [0.3, 0.4) is 0 Å². The number of thiophene rings is 1. The maximum atomic E-state index is 5.89. The van der Waals surface area contributed by atoms with Crippen LogP contribution in [0.2, 0.25) is 0 Å². The number of aliphatic imine (C=N–C) groups is 1. The van der Waals surface area contributed by atoms with Crippen molar-refractivity contribution in [3.05, 3.63) is 46.7 Å². The zero-order valence-corrected chi connectivity index (χ0v) is 18.0. The van der Waals surface area contributed by atoms with Gasteiger partial charge in [0, 0.05) is 6.54 Å². The van der Waals surface area contributed by atoms with Crippen molar-refractivity contribution in [3.63, 3.8) is 0 Å². The molecule has 2 rings (SSSR count). The van der Waals surface area contributed by atoms with E-state index in [1.807, 2.05) is 31.2 Å². The van der Waals surface area contributed by atoms with E-state index in [4.69, 9.17) is 9.47 Å². The summed E-state index contributed by atoms with van der Waals surface area (Å²) in [5.74, 6) is 2.45. The molecule has 0 amide bonds. The van der Waals surface area contributed by atoms with E-state index >= 15 is 0 Å². The van der Waals surface area contributed by atoms with Crippen LogP contribution in [-0.4, -0.2) is 32.3 Å². The minimum atomic E-state index is 0. The summed E-state index contributed by atoms with van der Waals surface area (Å²) in [6, 6.07) is 9.69. The van der Waals surface area contributed by atoms with Crippen molar-refractivity contribution in [1.29, 1.82) is 0 Å². The van der Waals surface area contributed by atoms with E-state index in [0.29, 0.717) is 13.1 Å². The zero-order valence-electron chi connectivity index (χ0n) is 14.8. The molecular weight excluding hydrogens is 449 g/mol. The minimum Gasteiger partial charge on any atom is -0.497 e. The third-order valence-electron chi connectivity index (χ3n) is 3.30. The largest absolute Gasteiger partial charge is 0.497 e. The highest BCUT2D eigenvalue weighted by Crippen LogP contribution is 2.17. The first-order valence-corrected chi connectivity index (χ1v) is 8.99. The van der Waals surface area contributed by atoms with E-state index < -0.39 is 0 Å². The number of hydrogen-bond donors (Lipinski definition) is 2. The topological polar surface area (TPSA) is 54.9 Å². The summed E-state index contributed by atoms with van der Waals surface area (Å²) in [5, 5.41) is 10.7. The van der Waals surface area contributed by atoms with Crippen LogP contribution in [0.5, 0.6) is 11.5 Å². The highest BCUT2D eigenvalue weighted by molar-refractivity contribution is 14.0. The maximum absolute atomic E-state index is 5.89. The third kappa shape index (κ3) is 7.96. The Bertz CT molecular complexity index is 618. The molecular formula is C18H26IN3O2S. The molecule has 0 saturated heterocycles. The predicted molar refractivity (Wildman–Crippen MR) is 116 cm³/mol. The quantitative estimate of drug-likeness (QED) is 0.346. The molecule has 0 aliphatic carbocycles. The lowest BCUT2D eigenvalue weighted by molar-refractivity contribution is 0.223. The van der Waals surface area contributed by atoms with Gasteiger partial charge in [-0.1, -0.05) is 0 Å². The Kier molecular flexibility index (Phi) is 10.3. The first kappa shape index (κ1) is 21.6. The Morgan fingerprint density at radius 2 is 1.88 bits per heavy atom. The highest BCUT2D eigenvalue weighted by Gasteiger charge is 2.06. The molecule has 0 fully saturated rings. The fourth-order valence-corrected chi connectivity index (χ4v) is 2.72. The lowest BCUT2D eigenvalue weighted by Crippen LogP contribution is -2.41. The molecule has 0 bridgehead atoms. The first-order valence-electron chi connectivity index (χ1n) is 8.05. The van der Waals surface area contributed by atoms with Crippen molar-refractivity contribution in [3.8, 4) is 11.5 Å². The Morgan fingerprint density at radius 1 is 1.16 bits per heavy atom. The lowest BCUT2D eigenvalue weighted by Gasteiger charge is -2.17. The number of benzene rings is 1. The van der Waals surface area contributed by atoms with E-state index in [-0.39, 0.29) is 30.1 Å². The standard InChI is InChI=1S/C18H25N3O2S.HI/c1-4-19-18(21-12-15-9-10-24-13-15)20-11-14(2)23-17-7-5-16(22-3)6-8-17;/h5-10,13-14H,4,11-12H2,1-3H3,(H2,19,20,21);1H. The predicted octanol–water partition coefficient (Wildman–Crippen LogP) is 3.90. The van der Waals surface area contributed by atoms with Gasteiger partial charge in [-0.25, -0.2) is 4.99 Å². The molecule has 0 radical (unpaired) electrons. The number of halogens is 1. The second-order valence-electron chi connectivity index (χ2n) is 5.31. The van der Waals surface area contributed by atoms with E-state index in [9.17, 15) is 0 Å². The number of nitrogens with one attached hydrogen (secondary N) is 2. The Balaban J connectivity index is 0.00000312.